The number of oxazole rings is 1. The number of anilines is 1. The maximum absolute atomic E-state index is 12.6. The van der Waals surface area contributed by atoms with Gasteiger partial charge in [0.25, 0.3) is 5.91 Å². The van der Waals surface area contributed by atoms with Crippen LogP contribution in [0.2, 0.25) is 0 Å². The molecule has 0 spiro atoms. The van der Waals surface area contributed by atoms with E-state index in [2.05, 4.69) is 26.2 Å². The number of ether oxygens (including phenoxy) is 2. The normalized spacial score (nSPS) is 10.5. The van der Waals surface area contributed by atoms with E-state index in [-0.39, 0.29) is 5.91 Å². The van der Waals surface area contributed by atoms with Crippen molar-refractivity contribution in [2.75, 3.05) is 19.0 Å². The molecule has 6 nitrogen and oxygen atoms in total. The van der Waals surface area contributed by atoms with Gasteiger partial charge in [-0.2, -0.15) is 0 Å². The zero-order valence-electron chi connectivity index (χ0n) is 15.0. The van der Waals surface area contributed by atoms with Gasteiger partial charge in [0.1, 0.15) is 0 Å². The van der Waals surface area contributed by atoms with Crippen LogP contribution in [0.1, 0.15) is 23.7 Å². The molecule has 0 bridgehead atoms. The molecule has 0 radical (unpaired) electrons. The number of methoxy groups -OCH3 is 1. The predicted molar refractivity (Wildman–Crippen MR) is 106 cm³/mol. The molecular formula is C20H19BrN2O4. The number of carbonyl (C=O) groups excluding carboxylic acids is 1. The Bertz CT molecular complexity index is 908. The van der Waals surface area contributed by atoms with Gasteiger partial charge in [0.2, 0.25) is 0 Å². The van der Waals surface area contributed by atoms with Crippen LogP contribution in [0.15, 0.2) is 57.9 Å². The number of aromatic nitrogens is 1. The fraction of sp³-hybridized carbons (Fsp3) is 0.200. The largest absolute Gasteiger partial charge is 0.493 e. The van der Waals surface area contributed by atoms with Gasteiger partial charge in [-0.15, -0.1) is 0 Å². The average molecular weight is 431 g/mol. The van der Waals surface area contributed by atoms with E-state index in [9.17, 15) is 4.79 Å². The van der Waals surface area contributed by atoms with Crippen LogP contribution in [0.25, 0.3) is 11.3 Å². The van der Waals surface area contributed by atoms with Crippen LogP contribution in [0.5, 0.6) is 11.5 Å². The number of hydrogen-bond donors (Lipinski definition) is 1. The maximum Gasteiger partial charge on any atom is 0.255 e. The third-order valence-corrected chi connectivity index (χ3v) is 4.39. The summed E-state index contributed by atoms with van der Waals surface area (Å²) >= 11 is 3.45. The first-order chi connectivity index (χ1) is 13.1. The minimum absolute atomic E-state index is 0.247. The summed E-state index contributed by atoms with van der Waals surface area (Å²) in [4.78, 5) is 16.5. The molecule has 0 aliphatic heterocycles. The molecule has 1 heterocycles. The molecule has 0 fully saturated rings. The fourth-order valence-electron chi connectivity index (χ4n) is 2.47. The van der Waals surface area contributed by atoms with Gasteiger partial charge in [0.15, 0.2) is 23.7 Å². The lowest BCUT2D eigenvalue weighted by Gasteiger charge is -2.14. The van der Waals surface area contributed by atoms with E-state index in [1.165, 1.54) is 6.39 Å². The molecule has 3 aromatic rings. The van der Waals surface area contributed by atoms with E-state index in [1.54, 1.807) is 37.6 Å². The van der Waals surface area contributed by atoms with E-state index < -0.39 is 0 Å². The van der Waals surface area contributed by atoms with Crippen LogP contribution < -0.4 is 14.8 Å². The summed E-state index contributed by atoms with van der Waals surface area (Å²) in [6.45, 7) is 2.59. The zero-order valence-corrected chi connectivity index (χ0v) is 16.6. The van der Waals surface area contributed by atoms with Gasteiger partial charge in [-0.1, -0.05) is 6.92 Å². The van der Waals surface area contributed by atoms with Crippen molar-refractivity contribution in [1.29, 1.82) is 0 Å². The van der Waals surface area contributed by atoms with E-state index in [0.717, 1.165) is 12.0 Å². The standard InChI is InChI=1S/C20H19BrN2O4/c1-3-8-26-19-16(21)9-14(10-17(19)25-2)20(24)23-15-6-4-13(5-7-15)18-11-22-12-27-18/h4-7,9-12H,3,8H2,1-2H3,(H,23,24). The summed E-state index contributed by atoms with van der Waals surface area (Å²) in [7, 11) is 1.55. The Kier molecular flexibility index (Phi) is 6.13. The highest BCUT2D eigenvalue weighted by Crippen LogP contribution is 2.37. The van der Waals surface area contributed by atoms with E-state index in [1.807, 2.05) is 19.1 Å². The highest BCUT2D eigenvalue weighted by atomic mass is 79.9. The summed E-state index contributed by atoms with van der Waals surface area (Å²) in [5, 5.41) is 2.87. The van der Waals surface area contributed by atoms with Crippen LogP contribution in [0.3, 0.4) is 0 Å². The topological polar surface area (TPSA) is 73.6 Å². The third-order valence-electron chi connectivity index (χ3n) is 3.80. The second-order valence-corrected chi connectivity index (χ2v) is 6.59. The van der Waals surface area contributed by atoms with Crippen LogP contribution in [0.4, 0.5) is 5.69 Å². The van der Waals surface area contributed by atoms with Gasteiger partial charge in [0.05, 0.1) is 24.4 Å². The average Bonchev–Trinajstić information content (AvgIpc) is 3.21. The molecular weight excluding hydrogens is 412 g/mol. The molecule has 0 atom stereocenters. The molecule has 0 aliphatic rings. The molecule has 0 unspecified atom stereocenters. The Morgan fingerprint density at radius 2 is 2.04 bits per heavy atom. The molecule has 1 N–H and O–H groups in total. The molecule has 140 valence electrons. The summed E-state index contributed by atoms with van der Waals surface area (Å²) in [5.74, 6) is 1.52. The second-order valence-electron chi connectivity index (χ2n) is 5.74. The first kappa shape index (κ1) is 19.0. The quantitative estimate of drug-likeness (QED) is 0.560. The number of nitrogens with zero attached hydrogens (tertiary/aromatic N) is 1. The monoisotopic (exact) mass is 430 g/mol. The van der Waals surface area contributed by atoms with Crippen LogP contribution >= 0.6 is 15.9 Å². The fourth-order valence-corrected chi connectivity index (χ4v) is 3.03. The van der Waals surface area contributed by atoms with Gasteiger partial charge in [0, 0.05) is 16.8 Å². The molecule has 7 heteroatoms. The number of nitrogens with one attached hydrogen (secondary N) is 1. The second kappa shape index (κ2) is 8.73. The first-order valence-electron chi connectivity index (χ1n) is 8.43. The molecule has 1 amide bonds. The van der Waals surface area contributed by atoms with Gasteiger partial charge >= 0.3 is 0 Å². The number of benzene rings is 2. The van der Waals surface area contributed by atoms with Crippen molar-refractivity contribution in [3.63, 3.8) is 0 Å². The number of carbonyl (C=O) groups is 1. The number of amides is 1. The number of hydrogen-bond acceptors (Lipinski definition) is 5. The molecule has 0 saturated heterocycles. The lowest BCUT2D eigenvalue weighted by Crippen LogP contribution is -2.12. The van der Waals surface area contributed by atoms with E-state index in [0.29, 0.717) is 39.6 Å². The molecule has 27 heavy (non-hydrogen) atoms. The minimum atomic E-state index is -0.247. The minimum Gasteiger partial charge on any atom is -0.493 e. The van der Waals surface area contributed by atoms with Gasteiger partial charge in [-0.25, -0.2) is 4.98 Å². The lowest BCUT2D eigenvalue weighted by atomic mass is 10.1. The predicted octanol–water partition coefficient (Wildman–Crippen LogP) is 5.15. The Balaban J connectivity index is 1.76. The summed E-state index contributed by atoms with van der Waals surface area (Å²) in [6.07, 6.45) is 3.89. The molecule has 3 rings (SSSR count). The number of halogens is 1. The summed E-state index contributed by atoms with van der Waals surface area (Å²) < 4.78 is 17.0. The smallest absolute Gasteiger partial charge is 0.255 e. The van der Waals surface area contributed by atoms with Crippen molar-refractivity contribution in [2.45, 2.75) is 13.3 Å². The molecule has 0 aliphatic carbocycles. The van der Waals surface area contributed by atoms with Crippen molar-refractivity contribution in [3.8, 4) is 22.8 Å². The Morgan fingerprint density at radius 1 is 1.26 bits per heavy atom. The van der Waals surface area contributed by atoms with Crippen LogP contribution in [0, 0.1) is 0 Å². The van der Waals surface area contributed by atoms with E-state index in [4.69, 9.17) is 13.9 Å². The van der Waals surface area contributed by atoms with Gasteiger partial charge in [-0.3, -0.25) is 4.79 Å². The van der Waals surface area contributed by atoms with Gasteiger partial charge in [-0.05, 0) is 58.7 Å². The lowest BCUT2D eigenvalue weighted by molar-refractivity contribution is 0.102. The molecule has 0 saturated carbocycles. The number of rotatable bonds is 7. The van der Waals surface area contributed by atoms with Crippen molar-refractivity contribution in [3.05, 3.63) is 59.0 Å². The highest BCUT2D eigenvalue weighted by Gasteiger charge is 2.16. The summed E-state index contributed by atoms with van der Waals surface area (Å²) in [6, 6.07) is 10.7. The summed E-state index contributed by atoms with van der Waals surface area (Å²) in [5.41, 5.74) is 2.01. The van der Waals surface area contributed by atoms with E-state index >= 15 is 0 Å². The van der Waals surface area contributed by atoms with Gasteiger partial charge < -0.3 is 19.2 Å². The van der Waals surface area contributed by atoms with Crippen LogP contribution in [-0.4, -0.2) is 24.6 Å². The zero-order chi connectivity index (χ0) is 19.2. The van der Waals surface area contributed by atoms with Crippen molar-refractivity contribution >= 4 is 27.5 Å². The first-order valence-corrected chi connectivity index (χ1v) is 9.22. The van der Waals surface area contributed by atoms with Crippen LogP contribution in [-0.2, 0) is 0 Å². The molecule has 2 aromatic carbocycles. The Hall–Kier alpha value is -2.80. The van der Waals surface area contributed by atoms with Crippen molar-refractivity contribution < 1.29 is 18.7 Å². The maximum atomic E-state index is 12.6. The van der Waals surface area contributed by atoms with Crippen molar-refractivity contribution in [2.24, 2.45) is 0 Å². The highest BCUT2D eigenvalue weighted by molar-refractivity contribution is 9.10. The Morgan fingerprint density at radius 3 is 2.67 bits per heavy atom. The van der Waals surface area contributed by atoms with Crippen molar-refractivity contribution in [1.82, 2.24) is 4.98 Å². The third kappa shape index (κ3) is 4.49. The SMILES string of the molecule is CCCOc1c(Br)cc(C(=O)Nc2ccc(-c3cnco3)cc2)cc1OC. The molecule has 1 aromatic heterocycles. The Labute approximate surface area is 165 Å².